The summed E-state index contributed by atoms with van der Waals surface area (Å²) in [7, 11) is -2.88. The molecule has 5 nitrogen and oxygen atoms in total. The van der Waals surface area contributed by atoms with Gasteiger partial charge < -0.3 is 19.1 Å². The van der Waals surface area contributed by atoms with Crippen molar-refractivity contribution in [3.63, 3.8) is 0 Å². The van der Waals surface area contributed by atoms with Crippen LogP contribution in [-0.4, -0.2) is 45.2 Å². The lowest BCUT2D eigenvalue weighted by molar-refractivity contribution is 0.110. The lowest BCUT2D eigenvalue weighted by atomic mass is 10.2. The van der Waals surface area contributed by atoms with E-state index in [1.165, 1.54) is 0 Å². The lowest BCUT2D eigenvalue weighted by Crippen LogP contribution is -2.28. The van der Waals surface area contributed by atoms with E-state index in [-0.39, 0.29) is 0 Å². The molecule has 0 saturated carbocycles. The molecular formula is C11H24NO4P. The Bertz CT molecular complexity index is 234. The summed E-state index contributed by atoms with van der Waals surface area (Å²) in [6.07, 6.45) is 2.99. The van der Waals surface area contributed by atoms with E-state index in [9.17, 15) is 4.57 Å². The fraction of sp³-hybridized carbons (Fsp3) is 1.00. The van der Waals surface area contributed by atoms with Crippen LogP contribution in [0.2, 0.25) is 0 Å². The van der Waals surface area contributed by atoms with E-state index in [0.717, 1.165) is 26.0 Å². The molecule has 1 saturated heterocycles. The smallest absolute Gasteiger partial charge is 0.331 e. The van der Waals surface area contributed by atoms with Gasteiger partial charge in [-0.2, -0.15) is 0 Å². The summed E-state index contributed by atoms with van der Waals surface area (Å²) in [5.74, 6) is 0. The van der Waals surface area contributed by atoms with Gasteiger partial charge in [0.05, 0.1) is 25.5 Å². The molecule has 1 heterocycles. The van der Waals surface area contributed by atoms with Crippen molar-refractivity contribution in [1.29, 1.82) is 0 Å². The first-order chi connectivity index (χ1) is 8.20. The summed E-state index contributed by atoms with van der Waals surface area (Å²) in [5, 5.41) is 3.24. The fourth-order valence-electron chi connectivity index (χ4n) is 1.84. The van der Waals surface area contributed by atoms with Crippen molar-refractivity contribution in [2.24, 2.45) is 0 Å². The SMILES string of the molecule is CCOP(=O)(CCNCC1CCCO1)OCC. The highest BCUT2D eigenvalue weighted by Crippen LogP contribution is 2.47. The van der Waals surface area contributed by atoms with E-state index in [0.29, 0.717) is 32.0 Å². The zero-order valence-corrected chi connectivity index (χ0v) is 11.7. The Morgan fingerprint density at radius 1 is 1.35 bits per heavy atom. The van der Waals surface area contributed by atoms with Crippen molar-refractivity contribution >= 4 is 7.60 Å². The van der Waals surface area contributed by atoms with E-state index in [2.05, 4.69) is 5.32 Å². The van der Waals surface area contributed by atoms with Crippen LogP contribution >= 0.6 is 7.60 Å². The van der Waals surface area contributed by atoms with Gasteiger partial charge in [-0.05, 0) is 26.7 Å². The highest BCUT2D eigenvalue weighted by atomic mass is 31.2. The predicted molar refractivity (Wildman–Crippen MR) is 67.6 cm³/mol. The largest absolute Gasteiger partial charge is 0.377 e. The van der Waals surface area contributed by atoms with Gasteiger partial charge in [0.1, 0.15) is 0 Å². The van der Waals surface area contributed by atoms with Gasteiger partial charge in [-0.15, -0.1) is 0 Å². The molecule has 1 N–H and O–H groups in total. The zero-order chi connectivity index (χ0) is 12.6. The highest BCUT2D eigenvalue weighted by Gasteiger charge is 2.23. The first kappa shape index (κ1) is 15.1. The average molecular weight is 265 g/mol. The van der Waals surface area contributed by atoms with Crippen molar-refractivity contribution in [1.82, 2.24) is 5.32 Å². The van der Waals surface area contributed by atoms with Crippen LogP contribution in [0, 0.1) is 0 Å². The molecule has 1 fully saturated rings. The standard InChI is InChI=1S/C11H24NO4P/c1-3-15-17(13,16-4-2)9-7-12-10-11-6-5-8-14-11/h11-12H,3-10H2,1-2H3. The van der Waals surface area contributed by atoms with E-state index < -0.39 is 7.60 Å². The number of hydrogen-bond acceptors (Lipinski definition) is 5. The van der Waals surface area contributed by atoms with Gasteiger partial charge in [-0.25, -0.2) is 0 Å². The minimum Gasteiger partial charge on any atom is -0.377 e. The summed E-state index contributed by atoms with van der Waals surface area (Å²) in [5.41, 5.74) is 0. The molecule has 1 atom stereocenters. The van der Waals surface area contributed by atoms with E-state index >= 15 is 0 Å². The Balaban J connectivity index is 2.15. The van der Waals surface area contributed by atoms with Crippen molar-refractivity contribution in [2.75, 3.05) is 39.1 Å². The molecule has 0 amide bonds. The van der Waals surface area contributed by atoms with E-state index in [1.807, 2.05) is 13.8 Å². The number of hydrogen-bond donors (Lipinski definition) is 1. The summed E-state index contributed by atoms with van der Waals surface area (Å²) >= 11 is 0. The third-order valence-electron chi connectivity index (χ3n) is 2.61. The molecule has 1 rings (SSSR count). The minimum atomic E-state index is -2.88. The summed E-state index contributed by atoms with van der Waals surface area (Å²) in [6.45, 7) is 6.81. The van der Waals surface area contributed by atoms with Crippen molar-refractivity contribution in [3.8, 4) is 0 Å². The van der Waals surface area contributed by atoms with Crippen LogP contribution in [0.25, 0.3) is 0 Å². The molecule has 1 unspecified atom stereocenters. The van der Waals surface area contributed by atoms with Gasteiger partial charge in [-0.1, -0.05) is 0 Å². The molecule has 0 aromatic carbocycles. The maximum atomic E-state index is 12.1. The quantitative estimate of drug-likeness (QED) is 0.510. The summed E-state index contributed by atoms with van der Waals surface area (Å²) in [4.78, 5) is 0. The van der Waals surface area contributed by atoms with Crippen LogP contribution in [-0.2, 0) is 18.3 Å². The fourth-order valence-corrected chi connectivity index (χ4v) is 3.40. The first-order valence-corrected chi connectivity index (χ1v) is 8.13. The molecule has 0 aromatic heterocycles. The third-order valence-corrected chi connectivity index (χ3v) is 4.68. The Morgan fingerprint density at radius 2 is 2.06 bits per heavy atom. The third kappa shape index (κ3) is 5.98. The molecule has 0 bridgehead atoms. The van der Waals surface area contributed by atoms with E-state index in [4.69, 9.17) is 13.8 Å². The number of nitrogens with one attached hydrogen (secondary N) is 1. The molecule has 0 radical (unpaired) electrons. The molecule has 1 aliphatic rings. The van der Waals surface area contributed by atoms with Gasteiger partial charge in [0.2, 0.25) is 0 Å². The maximum absolute atomic E-state index is 12.1. The Labute approximate surface area is 104 Å². The van der Waals surface area contributed by atoms with Gasteiger partial charge >= 0.3 is 7.60 Å². The van der Waals surface area contributed by atoms with Crippen molar-refractivity contribution < 1.29 is 18.3 Å². The Kier molecular flexibility index (Phi) is 7.32. The van der Waals surface area contributed by atoms with Crippen LogP contribution in [0.1, 0.15) is 26.7 Å². The van der Waals surface area contributed by atoms with Gasteiger partial charge in [0.15, 0.2) is 0 Å². The minimum absolute atomic E-state index is 0.313. The van der Waals surface area contributed by atoms with E-state index in [1.54, 1.807) is 0 Å². The molecule has 0 spiro atoms. The first-order valence-electron chi connectivity index (χ1n) is 6.40. The predicted octanol–water partition coefficient (Wildman–Crippen LogP) is 2.02. The summed E-state index contributed by atoms with van der Waals surface area (Å²) < 4.78 is 28.0. The highest BCUT2D eigenvalue weighted by molar-refractivity contribution is 7.53. The van der Waals surface area contributed by atoms with Crippen LogP contribution in [0.15, 0.2) is 0 Å². The average Bonchev–Trinajstić information content (AvgIpc) is 2.78. The lowest BCUT2D eigenvalue weighted by Gasteiger charge is -2.17. The van der Waals surface area contributed by atoms with Crippen molar-refractivity contribution in [3.05, 3.63) is 0 Å². The van der Waals surface area contributed by atoms with Crippen LogP contribution < -0.4 is 5.32 Å². The molecular weight excluding hydrogens is 241 g/mol. The second kappa shape index (κ2) is 8.22. The number of rotatable bonds is 9. The summed E-state index contributed by atoms with van der Waals surface area (Å²) in [6, 6.07) is 0. The topological polar surface area (TPSA) is 56.8 Å². The molecule has 17 heavy (non-hydrogen) atoms. The monoisotopic (exact) mass is 265 g/mol. The second-order valence-electron chi connectivity index (χ2n) is 4.01. The normalized spacial score (nSPS) is 20.9. The molecule has 102 valence electrons. The Hall–Kier alpha value is 0.0700. The molecule has 0 aromatic rings. The van der Waals surface area contributed by atoms with Gasteiger partial charge in [0.25, 0.3) is 0 Å². The Morgan fingerprint density at radius 3 is 2.59 bits per heavy atom. The maximum Gasteiger partial charge on any atom is 0.331 e. The molecule has 6 heteroatoms. The van der Waals surface area contributed by atoms with Crippen LogP contribution in [0.3, 0.4) is 0 Å². The van der Waals surface area contributed by atoms with Gasteiger partial charge in [0, 0.05) is 19.7 Å². The molecule has 0 aliphatic carbocycles. The second-order valence-corrected chi connectivity index (χ2v) is 6.19. The van der Waals surface area contributed by atoms with Crippen LogP contribution in [0.4, 0.5) is 0 Å². The zero-order valence-electron chi connectivity index (χ0n) is 10.8. The van der Waals surface area contributed by atoms with Crippen molar-refractivity contribution in [2.45, 2.75) is 32.8 Å². The number of ether oxygens (including phenoxy) is 1. The van der Waals surface area contributed by atoms with Gasteiger partial charge in [-0.3, -0.25) is 4.57 Å². The van der Waals surface area contributed by atoms with Crippen LogP contribution in [0.5, 0.6) is 0 Å². The molecule has 1 aliphatic heterocycles.